The van der Waals surface area contributed by atoms with Crippen LogP contribution in [0.4, 0.5) is 5.69 Å². The van der Waals surface area contributed by atoms with Crippen LogP contribution in [0.5, 0.6) is 5.75 Å². The second-order valence-corrected chi connectivity index (χ2v) is 9.97. The summed E-state index contributed by atoms with van der Waals surface area (Å²) < 4.78 is 6.93. The highest BCUT2D eigenvalue weighted by Gasteiger charge is 2.17. The van der Waals surface area contributed by atoms with Crippen LogP contribution in [0.15, 0.2) is 34.9 Å². The quantitative estimate of drug-likeness (QED) is 0.407. The van der Waals surface area contributed by atoms with Gasteiger partial charge in [-0.1, -0.05) is 6.42 Å². The van der Waals surface area contributed by atoms with Crippen LogP contribution < -0.4 is 15.4 Å². The molecule has 0 aliphatic carbocycles. The van der Waals surface area contributed by atoms with Gasteiger partial charge in [0.25, 0.3) is 0 Å². The number of piperidine rings is 2. The molecular weight excluding hydrogens is 480 g/mol. The summed E-state index contributed by atoms with van der Waals surface area (Å²) in [5.74, 6) is 2.41. The second-order valence-electron chi connectivity index (χ2n) is 9.11. The number of hydrogen-bond donors (Lipinski definition) is 3. The predicted octanol–water partition coefficient (Wildman–Crippen LogP) is 4.66. The monoisotopic (exact) mass is 512 g/mol. The van der Waals surface area contributed by atoms with Gasteiger partial charge in [-0.25, -0.2) is 9.97 Å². The zero-order valence-corrected chi connectivity index (χ0v) is 20.7. The number of halogens is 1. The average Bonchev–Trinajstić information content (AvgIpc) is 3.30. The van der Waals surface area contributed by atoms with Gasteiger partial charge < -0.3 is 20.4 Å². The van der Waals surface area contributed by atoms with Crippen molar-refractivity contribution in [3.63, 3.8) is 0 Å². The molecule has 0 saturated carbocycles. The van der Waals surface area contributed by atoms with E-state index in [1.165, 1.54) is 45.2 Å². The molecule has 2 fully saturated rings. The molecule has 7 nitrogen and oxygen atoms in total. The summed E-state index contributed by atoms with van der Waals surface area (Å²) in [6, 6.07) is 8.17. The van der Waals surface area contributed by atoms with Crippen molar-refractivity contribution in [1.82, 2.24) is 25.2 Å². The van der Waals surface area contributed by atoms with Crippen LogP contribution in [0.25, 0.3) is 22.6 Å². The fourth-order valence-electron chi connectivity index (χ4n) is 4.76. The number of H-pyrrole nitrogens is 1. The number of rotatable bonds is 8. The number of likely N-dealkylation sites (tertiary alicyclic amines) is 1. The van der Waals surface area contributed by atoms with Crippen LogP contribution in [0.1, 0.15) is 32.1 Å². The van der Waals surface area contributed by atoms with Crippen molar-refractivity contribution in [3.8, 4) is 17.1 Å². The first-order chi connectivity index (χ1) is 16.3. The Balaban J connectivity index is 1.24. The lowest BCUT2D eigenvalue weighted by molar-refractivity contribution is 0.183. The van der Waals surface area contributed by atoms with E-state index in [0.29, 0.717) is 5.92 Å². The first-order valence-corrected chi connectivity index (χ1v) is 13.0. The largest absolute Gasteiger partial charge is 0.492 e. The lowest BCUT2D eigenvalue weighted by Gasteiger charge is -2.26. The molecular formula is C25H33BrN6O. The Morgan fingerprint density at radius 2 is 1.88 bits per heavy atom. The molecule has 3 N–H and O–H groups in total. The van der Waals surface area contributed by atoms with Crippen molar-refractivity contribution in [2.75, 3.05) is 51.2 Å². The smallest absolute Gasteiger partial charge is 0.180 e. The Morgan fingerprint density at radius 1 is 1.09 bits per heavy atom. The van der Waals surface area contributed by atoms with Gasteiger partial charge in [-0.3, -0.25) is 4.90 Å². The van der Waals surface area contributed by atoms with Gasteiger partial charge in [0, 0.05) is 24.8 Å². The van der Waals surface area contributed by atoms with Gasteiger partial charge in [0.1, 0.15) is 23.7 Å². The van der Waals surface area contributed by atoms with E-state index >= 15 is 0 Å². The van der Waals surface area contributed by atoms with Gasteiger partial charge in [0.05, 0.1) is 10.2 Å². The number of fused-ring (bicyclic) bond motifs is 1. The number of aromatic amines is 1. The molecule has 2 saturated heterocycles. The van der Waals surface area contributed by atoms with E-state index < -0.39 is 0 Å². The summed E-state index contributed by atoms with van der Waals surface area (Å²) >= 11 is 3.67. The van der Waals surface area contributed by atoms with Gasteiger partial charge in [0.2, 0.25) is 0 Å². The first kappa shape index (κ1) is 22.6. The minimum Gasteiger partial charge on any atom is -0.492 e. The van der Waals surface area contributed by atoms with E-state index in [1.54, 1.807) is 0 Å². The third-order valence-corrected chi connectivity index (χ3v) is 7.35. The van der Waals surface area contributed by atoms with Crippen molar-refractivity contribution in [3.05, 3.63) is 34.9 Å². The lowest BCUT2D eigenvalue weighted by Crippen LogP contribution is -2.33. The highest BCUT2D eigenvalue weighted by atomic mass is 79.9. The molecule has 2 aromatic heterocycles. The molecule has 1 aromatic carbocycles. The van der Waals surface area contributed by atoms with Gasteiger partial charge in [-0.2, -0.15) is 0 Å². The molecule has 0 unspecified atom stereocenters. The third kappa shape index (κ3) is 5.67. The summed E-state index contributed by atoms with van der Waals surface area (Å²) in [5, 5.41) is 7.07. The molecule has 0 atom stereocenters. The summed E-state index contributed by atoms with van der Waals surface area (Å²) in [5.41, 5.74) is 3.73. The number of hydrogen-bond acceptors (Lipinski definition) is 6. The molecule has 0 spiro atoms. The van der Waals surface area contributed by atoms with Crippen molar-refractivity contribution >= 4 is 32.8 Å². The van der Waals surface area contributed by atoms with Gasteiger partial charge in [0.15, 0.2) is 5.65 Å². The number of aromatic nitrogens is 3. The summed E-state index contributed by atoms with van der Waals surface area (Å²) in [7, 11) is 0. The maximum absolute atomic E-state index is 5.98. The molecule has 4 heterocycles. The number of anilines is 1. The van der Waals surface area contributed by atoms with E-state index in [4.69, 9.17) is 9.72 Å². The second kappa shape index (κ2) is 10.8. The molecule has 5 rings (SSSR count). The van der Waals surface area contributed by atoms with Crippen LogP contribution in [0, 0.1) is 5.92 Å². The van der Waals surface area contributed by atoms with Crippen molar-refractivity contribution in [2.24, 2.45) is 5.92 Å². The minimum absolute atomic E-state index is 0.686. The highest BCUT2D eigenvalue weighted by Crippen LogP contribution is 2.31. The van der Waals surface area contributed by atoms with E-state index in [2.05, 4.69) is 53.6 Å². The highest BCUT2D eigenvalue weighted by molar-refractivity contribution is 9.10. The predicted molar refractivity (Wildman–Crippen MR) is 137 cm³/mol. The molecule has 33 heavy (non-hydrogen) atoms. The van der Waals surface area contributed by atoms with Crippen molar-refractivity contribution < 1.29 is 4.74 Å². The Labute approximate surface area is 203 Å². The minimum atomic E-state index is 0.686. The Hall–Kier alpha value is -2.16. The number of benzene rings is 1. The van der Waals surface area contributed by atoms with Crippen LogP contribution in [-0.2, 0) is 0 Å². The summed E-state index contributed by atoms with van der Waals surface area (Å²) in [6.07, 6.45) is 8.23. The number of nitrogens with zero attached hydrogens (tertiary/aromatic N) is 3. The van der Waals surface area contributed by atoms with Crippen LogP contribution in [0.2, 0.25) is 0 Å². The molecule has 0 amide bonds. The maximum atomic E-state index is 5.98. The van der Waals surface area contributed by atoms with Crippen LogP contribution in [-0.4, -0.2) is 65.7 Å². The zero-order chi connectivity index (χ0) is 22.5. The first-order valence-electron chi connectivity index (χ1n) is 12.2. The molecule has 0 radical (unpaired) electrons. The number of imidazole rings is 1. The van der Waals surface area contributed by atoms with Crippen molar-refractivity contribution in [2.45, 2.75) is 32.1 Å². The normalized spacial score (nSPS) is 18.0. The number of ether oxygens (including phenoxy) is 1. The van der Waals surface area contributed by atoms with E-state index in [-0.39, 0.29) is 0 Å². The van der Waals surface area contributed by atoms with E-state index in [0.717, 1.165) is 71.2 Å². The third-order valence-electron chi connectivity index (χ3n) is 6.75. The maximum Gasteiger partial charge on any atom is 0.180 e. The molecule has 3 aromatic rings. The molecule has 176 valence electrons. The van der Waals surface area contributed by atoms with Crippen LogP contribution in [0.3, 0.4) is 0 Å². The van der Waals surface area contributed by atoms with Gasteiger partial charge in [-0.15, -0.1) is 0 Å². The van der Waals surface area contributed by atoms with E-state index in [9.17, 15) is 0 Å². The van der Waals surface area contributed by atoms with E-state index in [1.807, 2.05) is 18.3 Å². The van der Waals surface area contributed by atoms with Gasteiger partial charge >= 0.3 is 0 Å². The van der Waals surface area contributed by atoms with Gasteiger partial charge in [-0.05, 0) is 98.0 Å². The molecule has 8 heteroatoms. The Morgan fingerprint density at radius 3 is 2.67 bits per heavy atom. The standard InChI is InChI=1S/C25H33BrN6O/c26-21-17-29-25-23(22(21)28-16-18-8-10-27-11-9-18)30-24(31-25)19-4-6-20(7-5-19)33-15-14-32-12-2-1-3-13-32/h4-7,17-18,27H,1-3,8-16H2,(H2,28,29,30,31). The topological polar surface area (TPSA) is 78.1 Å². The molecule has 2 aliphatic rings. The zero-order valence-electron chi connectivity index (χ0n) is 19.1. The summed E-state index contributed by atoms with van der Waals surface area (Å²) in [4.78, 5) is 15.2. The SMILES string of the molecule is Brc1cnc2nc(-c3ccc(OCCN4CCCCC4)cc3)[nH]c2c1NCC1CCNCC1. The fourth-order valence-corrected chi connectivity index (χ4v) is 5.20. The fraction of sp³-hybridized carbons (Fsp3) is 0.520. The van der Waals surface area contributed by atoms with Crippen molar-refractivity contribution in [1.29, 1.82) is 0 Å². The number of pyridine rings is 1. The Kier molecular flexibility index (Phi) is 7.43. The Bertz CT molecular complexity index is 1040. The number of nitrogens with one attached hydrogen (secondary N) is 3. The molecule has 0 bridgehead atoms. The average molecular weight is 513 g/mol. The molecule has 2 aliphatic heterocycles. The lowest BCUT2D eigenvalue weighted by atomic mass is 9.98. The van der Waals surface area contributed by atoms with Crippen LogP contribution >= 0.6 is 15.9 Å². The summed E-state index contributed by atoms with van der Waals surface area (Å²) in [6.45, 7) is 7.29.